The predicted octanol–water partition coefficient (Wildman–Crippen LogP) is 10.3. The van der Waals surface area contributed by atoms with Gasteiger partial charge in [-0.3, -0.25) is 0 Å². The molecule has 4 rings (SSSR count). The summed E-state index contributed by atoms with van der Waals surface area (Å²) in [7, 11) is 0. The molecule has 0 bridgehead atoms. The van der Waals surface area contributed by atoms with Crippen LogP contribution in [0.15, 0.2) is 60.9 Å². The standard InChI is InChI=1S/C37H49FN2O3/c1-3-4-5-12-25-37(2,38)36(41)43-34-23-17-30(18-24-34)32-27-39-35(40-28-32)31-19-21-33(22-20-31)42-26-13-8-6-7-9-14-29-15-10-11-16-29/h17-24,27-29H,3-16,25-26H2,1-2H3/t37-/m1/s1. The second kappa shape index (κ2) is 17.1. The first-order chi connectivity index (χ1) is 20.9. The minimum atomic E-state index is -1.99. The summed E-state index contributed by atoms with van der Waals surface area (Å²) < 4.78 is 26.1. The van der Waals surface area contributed by atoms with Crippen molar-refractivity contribution in [2.24, 2.45) is 5.92 Å². The fourth-order valence-corrected chi connectivity index (χ4v) is 5.80. The average molecular weight is 589 g/mol. The molecule has 1 saturated carbocycles. The summed E-state index contributed by atoms with van der Waals surface area (Å²) in [6.45, 7) is 4.15. The first-order valence-corrected chi connectivity index (χ1v) is 16.5. The summed E-state index contributed by atoms with van der Waals surface area (Å²) in [5.41, 5.74) is 0.652. The third-order valence-electron chi connectivity index (χ3n) is 8.59. The summed E-state index contributed by atoms with van der Waals surface area (Å²) in [4.78, 5) is 21.5. The van der Waals surface area contributed by atoms with Gasteiger partial charge in [0.05, 0.1) is 6.61 Å². The number of benzene rings is 2. The van der Waals surface area contributed by atoms with Gasteiger partial charge in [0.2, 0.25) is 5.67 Å². The summed E-state index contributed by atoms with van der Waals surface area (Å²) in [6.07, 6.45) is 21.0. The van der Waals surface area contributed by atoms with Gasteiger partial charge in [-0.2, -0.15) is 0 Å². The summed E-state index contributed by atoms with van der Waals surface area (Å²) in [5, 5.41) is 0. The average Bonchev–Trinajstić information content (AvgIpc) is 3.55. The Labute approximate surface area is 257 Å². The predicted molar refractivity (Wildman–Crippen MR) is 172 cm³/mol. The van der Waals surface area contributed by atoms with Crippen LogP contribution in [0.1, 0.15) is 110 Å². The molecular formula is C37H49FN2O3. The van der Waals surface area contributed by atoms with E-state index in [2.05, 4.69) is 16.9 Å². The van der Waals surface area contributed by atoms with Gasteiger partial charge in [0.25, 0.3) is 0 Å². The molecule has 1 heterocycles. The highest BCUT2D eigenvalue weighted by Gasteiger charge is 2.34. The van der Waals surface area contributed by atoms with E-state index in [1.54, 1.807) is 24.5 Å². The number of nitrogens with zero attached hydrogens (tertiary/aromatic N) is 2. The van der Waals surface area contributed by atoms with Crippen LogP contribution >= 0.6 is 0 Å². The zero-order valence-electron chi connectivity index (χ0n) is 26.2. The highest BCUT2D eigenvalue weighted by molar-refractivity contribution is 5.81. The van der Waals surface area contributed by atoms with Crippen LogP contribution < -0.4 is 9.47 Å². The minimum absolute atomic E-state index is 0.170. The minimum Gasteiger partial charge on any atom is -0.494 e. The third-order valence-corrected chi connectivity index (χ3v) is 8.59. The molecule has 1 atom stereocenters. The molecule has 0 amide bonds. The van der Waals surface area contributed by atoms with E-state index in [1.807, 2.05) is 36.4 Å². The first kappa shape index (κ1) is 32.6. The molecule has 43 heavy (non-hydrogen) atoms. The van der Waals surface area contributed by atoms with Crippen molar-refractivity contribution in [2.45, 2.75) is 116 Å². The zero-order valence-corrected chi connectivity index (χ0v) is 26.2. The molecule has 0 unspecified atom stereocenters. The Morgan fingerprint density at radius 1 is 0.791 bits per heavy atom. The van der Waals surface area contributed by atoms with Gasteiger partial charge < -0.3 is 9.47 Å². The van der Waals surface area contributed by atoms with E-state index >= 15 is 0 Å². The number of unbranched alkanes of at least 4 members (excludes halogenated alkanes) is 7. The number of rotatable bonds is 18. The van der Waals surface area contributed by atoms with Crippen LogP contribution in [-0.2, 0) is 4.79 Å². The van der Waals surface area contributed by atoms with Gasteiger partial charge >= 0.3 is 5.97 Å². The molecule has 0 aliphatic heterocycles. The molecule has 3 aromatic rings. The van der Waals surface area contributed by atoms with Crippen molar-refractivity contribution in [1.29, 1.82) is 0 Å². The molecule has 1 aromatic heterocycles. The van der Waals surface area contributed by atoms with Crippen molar-refractivity contribution in [3.05, 3.63) is 60.9 Å². The number of hydrogen-bond donors (Lipinski definition) is 0. The Morgan fingerprint density at radius 3 is 2.09 bits per heavy atom. The lowest BCUT2D eigenvalue weighted by atomic mass is 9.99. The van der Waals surface area contributed by atoms with Crippen LogP contribution in [0, 0.1) is 5.92 Å². The van der Waals surface area contributed by atoms with Crippen LogP contribution in [-0.4, -0.2) is 28.2 Å². The third kappa shape index (κ3) is 10.7. The molecule has 0 radical (unpaired) electrons. The smallest absolute Gasteiger partial charge is 0.348 e. The fraction of sp³-hybridized carbons (Fsp3) is 0.541. The van der Waals surface area contributed by atoms with E-state index < -0.39 is 11.6 Å². The molecule has 1 aliphatic carbocycles. The fourth-order valence-electron chi connectivity index (χ4n) is 5.80. The number of carbonyl (C=O) groups excluding carboxylic acids is 1. The van der Waals surface area contributed by atoms with Crippen LogP contribution in [0.25, 0.3) is 22.5 Å². The van der Waals surface area contributed by atoms with Crippen molar-refractivity contribution >= 4 is 5.97 Å². The van der Waals surface area contributed by atoms with Gasteiger partial charge in [-0.1, -0.05) is 96.1 Å². The molecule has 5 nitrogen and oxygen atoms in total. The highest BCUT2D eigenvalue weighted by Crippen LogP contribution is 2.30. The van der Waals surface area contributed by atoms with Crippen molar-refractivity contribution < 1.29 is 18.7 Å². The number of ether oxygens (including phenoxy) is 2. The van der Waals surface area contributed by atoms with Crippen molar-refractivity contribution in [1.82, 2.24) is 9.97 Å². The number of alkyl halides is 1. The van der Waals surface area contributed by atoms with Crippen LogP contribution in [0.3, 0.4) is 0 Å². The van der Waals surface area contributed by atoms with E-state index in [0.717, 1.165) is 60.6 Å². The summed E-state index contributed by atoms with van der Waals surface area (Å²) in [6, 6.07) is 14.9. The molecule has 6 heteroatoms. The number of halogens is 1. The van der Waals surface area contributed by atoms with Gasteiger partial charge in [-0.25, -0.2) is 19.2 Å². The lowest BCUT2D eigenvalue weighted by Crippen LogP contribution is -2.34. The molecule has 0 spiro atoms. The Hall–Kier alpha value is -3.28. The largest absolute Gasteiger partial charge is 0.494 e. The molecular weight excluding hydrogens is 539 g/mol. The summed E-state index contributed by atoms with van der Waals surface area (Å²) in [5.74, 6) is 1.99. The quantitative estimate of drug-likeness (QED) is 0.0840. The van der Waals surface area contributed by atoms with Crippen LogP contribution in [0.5, 0.6) is 11.5 Å². The number of aromatic nitrogens is 2. The van der Waals surface area contributed by atoms with Crippen molar-refractivity contribution in [3.63, 3.8) is 0 Å². The second-order valence-corrected chi connectivity index (χ2v) is 12.3. The lowest BCUT2D eigenvalue weighted by Gasteiger charge is -2.18. The molecule has 0 saturated heterocycles. The molecule has 0 N–H and O–H groups in total. The van der Waals surface area contributed by atoms with Crippen molar-refractivity contribution in [3.8, 4) is 34.0 Å². The van der Waals surface area contributed by atoms with E-state index in [0.29, 0.717) is 18.0 Å². The van der Waals surface area contributed by atoms with Gasteiger partial charge in [0.1, 0.15) is 11.5 Å². The zero-order chi connectivity index (χ0) is 30.3. The van der Waals surface area contributed by atoms with Crippen LogP contribution in [0.2, 0.25) is 0 Å². The van der Waals surface area contributed by atoms with Gasteiger partial charge in [-0.05, 0) is 74.1 Å². The molecule has 1 fully saturated rings. The maximum atomic E-state index is 14.8. The monoisotopic (exact) mass is 588 g/mol. The highest BCUT2D eigenvalue weighted by atomic mass is 19.1. The van der Waals surface area contributed by atoms with E-state index in [4.69, 9.17) is 9.47 Å². The van der Waals surface area contributed by atoms with E-state index in [-0.39, 0.29) is 6.42 Å². The second-order valence-electron chi connectivity index (χ2n) is 12.3. The Bertz CT molecular complexity index is 1220. The molecule has 232 valence electrons. The van der Waals surface area contributed by atoms with Gasteiger partial charge in [0, 0.05) is 23.5 Å². The Kier molecular flexibility index (Phi) is 13.0. The maximum Gasteiger partial charge on any atom is 0.348 e. The number of hydrogen-bond acceptors (Lipinski definition) is 5. The van der Waals surface area contributed by atoms with Crippen molar-refractivity contribution in [2.75, 3.05) is 6.61 Å². The SMILES string of the molecule is CCCCCC[C@@](C)(F)C(=O)Oc1ccc(-c2cnc(-c3ccc(OCCCCCCCC4CCCC4)cc3)nc2)cc1. The van der Waals surface area contributed by atoms with Gasteiger partial charge in [0.15, 0.2) is 5.82 Å². The topological polar surface area (TPSA) is 61.3 Å². The first-order valence-electron chi connectivity index (χ1n) is 16.5. The Morgan fingerprint density at radius 2 is 1.40 bits per heavy atom. The van der Waals surface area contributed by atoms with Crippen LogP contribution in [0.4, 0.5) is 4.39 Å². The van der Waals surface area contributed by atoms with E-state index in [1.165, 1.54) is 64.7 Å². The maximum absolute atomic E-state index is 14.8. The lowest BCUT2D eigenvalue weighted by molar-refractivity contribution is -0.147. The Balaban J connectivity index is 1.18. The van der Waals surface area contributed by atoms with Gasteiger partial charge in [-0.15, -0.1) is 0 Å². The molecule has 2 aromatic carbocycles. The normalized spacial score (nSPS) is 14.9. The number of esters is 1. The number of carbonyl (C=O) groups is 1. The molecule has 1 aliphatic rings. The van der Waals surface area contributed by atoms with E-state index in [9.17, 15) is 9.18 Å². The summed E-state index contributed by atoms with van der Waals surface area (Å²) >= 11 is 0.